The number of unbranched alkanes of at least 4 members (excludes halogenated alkanes) is 2. The van der Waals surface area contributed by atoms with Crippen LogP contribution in [0.25, 0.3) is 0 Å². The molecule has 3 heterocycles. The summed E-state index contributed by atoms with van der Waals surface area (Å²) in [5, 5.41) is 7.75. The summed E-state index contributed by atoms with van der Waals surface area (Å²) in [4.78, 5) is 59.2. The first kappa shape index (κ1) is 25.5. The zero-order chi connectivity index (χ0) is 24.7. The molecule has 0 aromatic carbocycles. The normalized spacial score (nSPS) is 19.5. The van der Waals surface area contributed by atoms with Crippen LogP contribution in [0, 0.1) is 0 Å². The Bertz CT molecular complexity index is 1010. The molecule has 2 atom stereocenters. The van der Waals surface area contributed by atoms with Gasteiger partial charge in [-0.2, -0.15) is 0 Å². The van der Waals surface area contributed by atoms with Crippen LogP contribution in [0.4, 0.5) is 5.13 Å². The highest BCUT2D eigenvalue weighted by Crippen LogP contribution is 2.36. The zero-order valence-corrected chi connectivity index (χ0v) is 20.3. The molecule has 2 aliphatic heterocycles. The monoisotopic (exact) mass is 511 g/mol. The number of nitrogens with zero attached hydrogens (tertiary/aromatic N) is 3. The van der Waals surface area contributed by atoms with Gasteiger partial charge in [0.05, 0.1) is 5.57 Å². The number of nitrogen functional groups attached to an aromatic ring is 1. The average Bonchev–Trinajstić information content (AvgIpc) is 3.26. The van der Waals surface area contributed by atoms with Crippen molar-refractivity contribution in [2.45, 2.75) is 44.0 Å². The van der Waals surface area contributed by atoms with Crippen LogP contribution in [0.5, 0.6) is 0 Å². The minimum absolute atomic E-state index is 0.105. The highest BCUT2D eigenvalue weighted by atomic mass is 32.2. The van der Waals surface area contributed by atoms with Crippen molar-refractivity contribution in [2.75, 3.05) is 25.4 Å². The Morgan fingerprint density at radius 2 is 2.12 bits per heavy atom. The number of fused-ring (bicyclic) bond motifs is 1. The van der Waals surface area contributed by atoms with Gasteiger partial charge in [0, 0.05) is 23.8 Å². The molecular formula is C20H25N5O7S2. The van der Waals surface area contributed by atoms with Gasteiger partial charge in [0.1, 0.15) is 24.2 Å². The molecule has 1 aromatic heterocycles. The number of β-lactam (4-membered cyclic amide) rings is 1. The molecule has 3 N–H and O–H groups in total. The smallest absolute Gasteiger partial charge is 0.339 e. The van der Waals surface area contributed by atoms with Gasteiger partial charge in [0.2, 0.25) is 6.79 Å². The summed E-state index contributed by atoms with van der Waals surface area (Å²) in [5.74, 6) is -1.88. The lowest BCUT2D eigenvalue weighted by Gasteiger charge is -2.47. The Balaban J connectivity index is 1.51. The number of thiazole rings is 1. The molecule has 12 nitrogen and oxygen atoms in total. The van der Waals surface area contributed by atoms with Crippen LogP contribution in [-0.4, -0.2) is 70.4 Å². The van der Waals surface area contributed by atoms with Crippen LogP contribution >= 0.6 is 23.1 Å². The summed E-state index contributed by atoms with van der Waals surface area (Å²) in [6.45, 7) is 1.54. The van der Waals surface area contributed by atoms with Crippen LogP contribution in [0.1, 0.15) is 38.3 Å². The Kier molecular flexibility index (Phi) is 8.87. The van der Waals surface area contributed by atoms with Crippen molar-refractivity contribution < 1.29 is 33.5 Å². The third kappa shape index (κ3) is 6.05. The average molecular weight is 512 g/mol. The SMILES string of the molecule is CCCCCC(=O)OCOC(=O)C1=CN2C(=O)C(NC(=O)C(=NOC)c3csc(N)n3)[C@H]2SC1. The molecule has 1 aromatic rings. The second-order valence-corrected chi connectivity index (χ2v) is 9.26. The third-order valence-electron chi connectivity index (χ3n) is 4.89. The summed E-state index contributed by atoms with van der Waals surface area (Å²) in [5.41, 5.74) is 5.99. The molecule has 14 heteroatoms. The summed E-state index contributed by atoms with van der Waals surface area (Å²) < 4.78 is 9.88. The number of ether oxygens (including phenoxy) is 2. The molecule has 34 heavy (non-hydrogen) atoms. The molecule has 0 radical (unpaired) electrons. The van der Waals surface area contributed by atoms with Crippen LogP contribution in [0.15, 0.2) is 22.3 Å². The predicted molar refractivity (Wildman–Crippen MR) is 124 cm³/mol. The fourth-order valence-electron chi connectivity index (χ4n) is 3.16. The molecule has 0 bridgehead atoms. The summed E-state index contributed by atoms with van der Waals surface area (Å²) in [6.07, 6.45) is 4.29. The number of nitrogens with one attached hydrogen (secondary N) is 1. The van der Waals surface area contributed by atoms with Gasteiger partial charge < -0.3 is 30.3 Å². The standard InChI is InChI=1S/C20H25N5O7S2/c1-3-4-5-6-13(26)31-10-32-19(29)11-7-25-17(28)15(18(25)33-8-11)23-16(27)14(24-30-2)12-9-34-20(21)22-12/h7,9,15,18H,3-6,8,10H2,1-2H3,(H2,21,22)(H,23,27)/t15?,18-/m1/s1. The van der Waals surface area contributed by atoms with Crippen LogP contribution in [-0.2, 0) is 33.5 Å². The first-order valence-electron chi connectivity index (χ1n) is 10.5. The Morgan fingerprint density at radius 3 is 2.79 bits per heavy atom. The number of oxime groups is 1. The molecule has 1 saturated heterocycles. The second-order valence-electron chi connectivity index (χ2n) is 7.27. The lowest BCUT2D eigenvalue weighted by Crippen LogP contribution is -2.69. The van der Waals surface area contributed by atoms with E-state index in [1.807, 2.05) is 6.92 Å². The number of esters is 2. The minimum atomic E-state index is -0.812. The predicted octanol–water partition coefficient (Wildman–Crippen LogP) is 0.984. The number of amides is 2. The summed E-state index contributed by atoms with van der Waals surface area (Å²) in [6, 6.07) is -0.812. The first-order valence-corrected chi connectivity index (χ1v) is 12.4. The molecular weight excluding hydrogens is 486 g/mol. The van der Waals surface area contributed by atoms with Crippen LogP contribution in [0.2, 0.25) is 0 Å². The molecule has 1 fully saturated rings. The number of hydrogen-bond acceptors (Lipinski definition) is 12. The van der Waals surface area contributed by atoms with E-state index in [2.05, 4.69) is 15.5 Å². The van der Waals surface area contributed by atoms with Gasteiger partial charge >= 0.3 is 11.9 Å². The van der Waals surface area contributed by atoms with E-state index in [-0.39, 0.29) is 34.3 Å². The Labute approximate surface area is 203 Å². The highest BCUT2D eigenvalue weighted by Gasteiger charge is 2.50. The zero-order valence-electron chi connectivity index (χ0n) is 18.6. The third-order valence-corrected chi connectivity index (χ3v) is 6.88. The summed E-state index contributed by atoms with van der Waals surface area (Å²) >= 11 is 2.43. The summed E-state index contributed by atoms with van der Waals surface area (Å²) in [7, 11) is 1.29. The number of aromatic nitrogens is 1. The van der Waals surface area contributed by atoms with Crippen molar-refractivity contribution in [3.05, 3.63) is 22.8 Å². The van der Waals surface area contributed by atoms with Crippen molar-refractivity contribution >= 4 is 57.7 Å². The topological polar surface area (TPSA) is 163 Å². The molecule has 2 amide bonds. The lowest BCUT2D eigenvalue weighted by atomic mass is 10.1. The molecule has 0 saturated carbocycles. The van der Waals surface area contributed by atoms with Crippen LogP contribution in [0.3, 0.4) is 0 Å². The van der Waals surface area contributed by atoms with Crippen molar-refractivity contribution in [2.24, 2.45) is 5.16 Å². The maximum absolute atomic E-state index is 12.7. The van der Waals surface area contributed by atoms with Crippen molar-refractivity contribution in [3.8, 4) is 0 Å². The van der Waals surface area contributed by atoms with E-state index in [1.54, 1.807) is 5.38 Å². The highest BCUT2D eigenvalue weighted by molar-refractivity contribution is 8.00. The number of carbonyl (C=O) groups is 4. The van der Waals surface area contributed by atoms with Gasteiger partial charge in [-0.05, 0) is 6.42 Å². The number of hydrogen-bond donors (Lipinski definition) is 2. The van der Waals surface area contributed by atoms with Crippen LogP contribution < -0.4 is 11.1 Å². The fourth-order valence-corrected chi connectivity index (χ4v) is 4.95. The van der Waals surface area contributed by atoms with Gasteiger partial charge in [-0.15, -0.1) is 23.1 Å². The number of rotatable bonds is 11. The molecule has 3 rings (SSSR count). The van der Waals surface area contributed by atoms with E-state index in [1.165, 1.54) is 30.0 Å². The van der Waals surface area contributed by atoms with E-state index >= 15 is 0 Å². The van der Waals surface area contributed by atoms with Gasteiger partial charge in [0.15, 0.2) is 10.8 Å². The van der Waals surface area contributed by atoms with E-state index < -0.39 is 42.0 Å². The maximum atomic E-state index is 12.7. The van der Waals surface area contributed by atoms with E-state index in [4.69, 9.17) is 20.0 Å². The second kappa shape index (κ2) is 11.8. The molecule has 1 unspecified atom stereocenters. The number of carbonyl (C=O) groups excluding carboxylic acids is 4. The Hall–Kier alpha value is -3.13. The molecule has 2 aliphatic rings. The number of thioether (sulfide) groups is 1. The van der Waals surface area contributed by atoms with E-state index in [0.717, 1.165) is 30.6 Å². The van der Waals surface area contributed by atoms with Crippen molar-refractivity contribution in [1.29, 1.82) is 0 Å². The largest absolute Gasteiger partial charge is 0.428 e. The fraction of sp³-hybridized carbons (Fsp3) is 0.500. The number of nitrogens with two attached hydrogens (primary N) is 1. The molecule has 184 valence electrons. The minimum Gasteiger partial charge on any atom is -0.428 e. The van der Waals surface area contributed by atoms with E-state index in [9.17, 15) is 19.2 Å². The Morgan fingerprint density at radius 1 is 1.32 bits per heavy atom. The quantitative estimate of drug-likeness (QED) is 0.109. The van der Waals surface area contributed by atoms with Crippen molar-refractivity contribution in [1.82, 2.24) is 15.2 Å². The van der Waals surface area contributed by atoms with Gasteiger partial charge in [-0.25, -0.2) is 9.78 Å². The van der Waals surface area contributed by atoms with E-state index in [0.29, 0.717) is 0 Å². The van der Waals surface area contributed by atoms with Crippen molar-refractivity contribution in [3.63, 3.8) is 0 Å². The van der Waals surface area contributed by atoms with Gasteiger partial charge in [-0.3, -0.25) is 14.4 Å². The first-order chi connectivity index (χ1) is 16.3. The molecule has 0 aliphatic carbocycles. The number of anilines is 1. The van der Waals surface area contributed by atoms with Gasteiger partial charge in [-0.1, -0.05) is 24.9 Å². The maximum Gasteiger partial charge on any atom is 0.339 e. The lowest BCUT2D eigenvalue weighted by molar-refractivity contribution is -0.164. The van der Waals surface area contributed by atoms with Gasteiger partial charge in [0.25, 0.3) is 11.8 Å². The molecule has 0 spiro atoms.